The van der Waals surface area contributed by atoms with Crippen molar-refractivity contribution in [2.75, 3.05) is 0 Å². The first kappa shape index (κ1) is 62.8. The van der Waals surface area contributed by atoms with Gasteiger partial charge < -0.3 is 0 Å². The highest BCUT2D eigenvalue weighted by atomic mass is 15.7. The van der Waals surface area contributed by atoms with E-state index in [0.29, 0.717) is 103 Å². The summed E-state index contributed by atoms with van der Waals surface area (Å²) >= 11 is 0. The molecule has 0 N–H and O–H groups in total. The van der Waals surface area contributed by atoms with Crippen molar-refractivity contribution in [3.63, 3.8) is 0 Å². The molecule has 52 fully saturated rings. The van der Waals surface area contributed by atoms with Crippen molar-refractivity contribution in [3.05, 3.63) is 65.0 Å². The van der Waals surface area contributed by atoms with Crippen LogP contribution in [0.4, 0.5) is 0 Å². The van der Waals surface area contributed by atoms with E-state index in [9.17, 15) is 0 Å². The summed E-state index contributed by atoms with van der Waals surface area (Å²) in [6.45, 7) is 116. The van der Waals surface area contributed by atoms with Gasteiger partial charge in [-0.3, -0.25) is 0 Å². The molecule has 0 nitrogen and oxygen atoms in total. The highest BCUT2D eigenvalue weighted by Gasteiger charge is 3.64. The van der Waals surface area contributed by atoms with E-state index in [1.54, 1.807) is 77.0 Å². The Morgan fingerprint density at radius 3 is 1.31 bits per heavy atom. The molecule has 52 aliphatic rings. The van der Waals surface area contributed by atoms with Crippen molar-refractivity contribution in [2.45, 2.75) is 306 Å². The first-order chi connectivity index (χ1) is 58.7. The molecule has 23 bridgehead atoms. The van der Waals surface area contributed by atoms with E-state index in [4.69, 9.17) is 0 Å². The lowest BCUT2D eigenvalue weighted by Gasteiger charge is -3.61. The van der Waals surface area contributed by atoms with E-state index in [-0.39, 0.29) is 125 Å². The molecular weight excluding hydrogens is 1510 g/mol. The minimum atomic E-state index is 0.116. The summed E-state index contributed by atoms with van der Waals surface area (Å²) in [5.74, 6) is 27.3. The summed E-state index contributed by atoms with van der Waals surface area (Å²) in [6, 6.07) is 0. The predicted molar refractivity (Wildman–Crippen MR) is 478 cm³/mol. The molecule has 0 radical (unpaired) electrons. The predicted octanol–water partition coefficient (Wildman–Crippen LogP) is 25.9. The lowest BCUT2D eigenvalue weighted by molar-refractivity contribution is -0.911. The van der Waals surface area contributed by atoms with Crippen LogP contribution in [-0.2, 0) is 0 Å². The largest absolute Gasteiger partial charge is 0.0648 e. The summed E-state index contributed by atoms with van der Waals surface area (Å²) in [4.78, 5) is 0. The van der Waals surface area contributed by atoms with Gasteiger partial charge in [-0.25, -0.2) is 0 Å². The summed E-state index contributed by atoms with van der Waals surface area (Å²) in [5, 5.41) is 0. The molecule has 78 unspecified atom stereocenters. The third-order valence-electron chi connectivity index (χ3n) is 91.3. The smallest absolute Gasteiger partial charge is 0.000782 e. The number of hydrogen-bond donors (Lipinski definition) is 0. The van der Waals surface area contributed by atoms with E-state index < -0.39 is 0 Å². The highest BCUT2D eigenvalue weighted by Crippen LogP contribution is 3.69. The topological polar surface area (TPSA) is 0 Å². The lowest BCUT2D eigenvalue weighted by Crippen LogP contribution is -3.56. The van der Waals surface area contributed by atoms with Gasteiger partial charge in [-0.15, -0.1) is 0 Å². The Kier molecular flexibility index (Phi) is 5.51. The molecule has 52 aliphatic carbocycles. The van der Waals surface area contributed by atoms with E-state index in [1.165, 1.54) is 53.3 Å². The zero-order chi connectivity index (χ0) is 84.1. The molecule has 0 amide bonds. The summed E-state index contributed by atoms with van der Waals surface area (Å²) in [5.41, 5.74) is 23.8. The second-order valence-electron chi connectivity index (χ2n) is 74.2. The van der Waals surface area contributed by atoms with Gasteiger partial charge in [0.1, 0.15) is 0 Å². The lowest BCUT2D eigenvalue weighted by atomic mass is 8.41. The molecule has 52 rings (SSSR count). The number of hydrogen-bond acceptors (Lipinski definition) is 0. The Morgan fingerprint density at radius 2 is 0.675 bits per heavy atom. The van der Waals surface area contributed by atoms with Gasteiger partial charge in [0, 0.05) is 0 Å². The molecule has 0 aromatic carbocycles. The monoisotopic (exact) mass is 1660 g/mol. The minimum absolute atomic E-state index is 0.116. The van der Waals surface area contributed by atoms with E-state index >= 15 is 0 Å². The molecular formula is C126H150. The van der Waals surface area contributed by atoms with Crippen LogP contribution in [0.2, 0.25) is 0 Å². The van der Waals surface area contributed by atoms with Crippen molar-refractivity contribution in [3.8, 4) is 0 Å². The Morgan fingerprint density at radius 1 is 0.214 bits per heavy atom. The van der Waals surface area contributed by atoms with Crippen LogP contribution in [0, 0.1) is 452 Å². The maximum Gasteiger partial charge on any atom is -0.000782 e. The van der Waals surface area contributed by atoms with Gasteiger partial charge in [-0.2, -0.15) is 0 Å². The molecule has 52 saturated carbocycles. The summed E-state index contributed by atoms with van der Waals surface area (Å²) < 4.78 is 0. The molecule has 0 aromatic heterocycles. The fraction of sp³-hybridized carbons (Fsp3) is 1.00. The van der Waals surface area contributed by atoms with Crippen LogP contribution in [0.1, 0.15) is 306 Å². The SMILES string of the molecule is CCC12C3(C)C4(C)C5(C)CC67C8(C)CC5(C)C5(C)C9(C)C%10(C)CC%11%12C%13(C)CC%10(C)C%10(C)C%14(C)CC%15(C)C%16C%17CC(C)C%18C(C)C(C)C%19C%20C(C)C(C)C%21C%22C%23C%24C%25C%26C%27C%28C%29C%30CC%31C%32C%33CC%34C%35C(CC%16%14)C%14%16C%36(C)C%37(C)C%38(C)C%39(C)C3(C)C13C%23(C%22(C)C%21(CC462)C7(C)C(C)(C)C%201CC85C9%11C%191C%12(C)C(C)(C)C%18(C%17(C)C)C%15%13%10)C%241C%252C%264C%275C%286C%297C%31%30C%328C%33%34C%35%14C87C%166C%365C%374C%382C%3913. The average Bonchev–Trinajstić information content (AvgIpc) is 1.08. The first-order valence-electron chi connectivity index (χ1n) is 58.7. The summed E-state index contributed by atoms with van der Waals surface area (Å²) in [7, 11) is 0. The van der Waals surface area contributed by atoms with Gasteiger partial charge >= 0.3 is 0 Å². The van der Waals surface area contributed by atoms with Crippen molar-refractivity contribution in [1.82, 2.24) is 0 Å². The maximum absolute atomic E-state index is 3.71. The standard InChI is InChI=1S/C126H150/c1-34-99-91(28)89(26)80(17)42-100-82(19)40-79(80,16)88(25)90(27)81(18)43-101-83(20)41-78(81,15)87(24)76(13)39-77(14)62-51-35-46(2)58-47(3)50(6)61-59-48(4)49(5)60-66-68-70-72-71-69-67-65-56-38-54-63-53-37-55-64-57(36-52(62)76)106-96(33)95(32)94(31)93(30)92(91,29)120(99)108(68,113(70)115(72)117(71)116(69)114(67)112(65)105(54,56)110(63)104(53,55)111(64,106)125(110,112)126(106,114)124(96,116)123(95,117)122(94,115)121(93,113)120)84(66,21)98(60,45-103(89,99)100)85(100,22)74(9,10)97(59)44-102(82,88)119(90,101)109(61,97)86(101,23)75(11,12)107(58,73(51,7)8)118(77,83)87/h46-72H,34-45H2,1-33H3. The maximum atomic E-state index is 3.71. The third kappa shape index (κ3) is 2.00. The van der Waals surface area contributed by atoms with Crippen LogP contribution in [0.25, 0.3) is 0 Å². The second-order valence-corrected chi connectivity index (χ2v) is 74.2. The summed E-state index contributed by atoms with van der Waals surface area (Å²) in [6.07, 6.45) is 20.2. The fourth-order valence-corrected chi connectivity index (χ4v) is 104. The van der Waals surface area contributed by atoms with E-state index in [1.807, 2.05) is 0 Å². The molecule has 0 heteroatoms. The van der Waals surface area contributed by atoms with Gasteiger partial charge in [0.25, 0.3) is 0 Å². The second kappa shape index (κ2) is 11.1. The molecule has 654 valence electrons. The van der Waals surface area contributed by atoms with Crippen molar-refractivity contribution in [2.24, 2.45) is 387 Å². The fourth-order valence-electron chi connectivity index (χ4n) is 104. The highest BCUT2D eigenvalue weighted by molar-refractivity contribution is 6.58. The van der Waals surface area contributed by atoms with Gasteiger partial charge in [-0.1, -0.05) is 228 Å². The number of fused-ring (bicyclic) bond motifs is 17. The Labute approximate surface area is 752 Å². The van der Waals surface area contributed by atoms with Gasteiger partial charge in [0.05, 0.1) is 0 Å². The van der Waals surface area contributed by atoms with Crippen molar-refractivity contribution >= 4 is 0 Å². The Hall–Kier alpha value is 0. The quantitative estimate of drug-likeness (QED) is 0.245. The van der Waals surface area contributed by atoms with Crippen LogP contribution in [0.3, 0.4) is 0 Å². The van der Waals surface area contributed by atoms with Crippen molar-refractivity contribution < 1.29 is 0 Å². The van der Waals surface area contributed by atoms with Gasteiger partial charge in [0.15, 0.2) is 0 Å². The third-order valence-corrected chi connectivity index (χ3v) is 91.3. The molecule has 0 saturated heterocycles. The Bertz CT molecular complexity index is 7250. The average molecular weight is 1660 g/mol. The molecule has 0 heterocycles. The Balaban J connectivity index is 0.664. The van der Waals surface area contributed by atoms with Gasteiger partial charge in [-0.05, 0) is 529 Å². The normalized spacial score (nSPS) is 106. The number of rotatable bonds is 1. The minimum Gasteiger partial charge on any atom is -0.0648 e. The van der Waals surface area contributed by atoms with Crippen LogP contribution in [0.15, 0.2) is 0 Å². The first-order valence-corrected chi connectivity index (χ1v) is 58.7. The van der Waals surface area contributed by atoms with E-state index in [0.717, 1.165) is 172 Å². The van der Waals surface area contributed by atoms with Crippen molar-refractivity contribution in [1.29, 1.82) is 0 Å². The molecule has 29 spiro atoms. The van der Waals surface area contributed by atoms with Crippen LogP contribution in [0.5, 0.6) is 0 Å². The van der Waals surface area contributed by atoms with E-state index in [2.05, 4.69) is 228 Å². The zero-order valence-electron chi connectivity index (χ0n) is 84.1. The van der Waals surface area contributed by atoms with Crippen LogP contribution < -0.4 is 0 Å². The molecule has 0 aliphatic heterocycles. The zero-order valence-corrected chi connectivity index (χ0v) is 84.1. The van der Waals surface area contributed by atoms with Crippen LogP contribution >= 0.6 is 0 Å². The molecule has 78 atom stereocenters. The molecule has 0 aromatic rings. The molecule has 126 heavy (non-hydrogen) atoms. The van der Waals surface area contributed by atoms with Crippen LogP contribution in [-0.4, -0.2) is 0 Å². The van der Waals surface area contributed by atoms with Gasteiger partial charge in [0.2, 0.25) is 0 Å².